The van der Waals surface area contributed by atoms with E-state index in [-0.39, 0.29) is 12.8 Å². The Bertz CT molecular complexity index is 276. The second-order valence-electron chi connectivity index (χ2n) is 3.33. The highest BCUT2D eigenvalue weighted by Gasteiger charge is 2.24. The van der Waals surface area contributed by atoms with Gasteiger partial charge in [0.15, 0.2) is 0 Å². The van der Waals surface area contributed by atoms with E-state index in [0.717, 1.165) is 6.66 Å². The zero-order valence-electron chi connectivity index (χ0n) is 10.1. The van der Waals surface area contributed by atoms with Crippen LogP contribution in [0.4, 0.5) is 0 Å². The molecule has 17 heavy (non-hydrogen) atoms. The fraction of sp³-hybridized carbons (Fsp3) is 0.778. The van der Waals surface area contributed by atoms with Crippen LogP contribution in [0.25, 0.3) is 0 Å². The summed E-state index contributed by atoms with van der Waals surface area (Å²) < 4.78 is 20.0. The van der Waals surface area contributed by atoms with Crippen molar-refractivity contribution >= 4 is 19.5 Å². The standard InChI is InChI=1S/C9H17O7P/c1-4-6-8(10)13-15-17(3,12)16-14-9(11)7-5-2/h4-7H2,1-3H3. The average molecular weight is 268 g/mol. The molecule has 0 bridgehead atoms. The van der Waals surface area contributed by atoms with E-state index in [2.05, 4.69) is 19.1 Å². The van der Waals surface area contributed by atoms with Crippen LogP contribution in [0.15, 0.2) is 0 Å². The van der Waals surface area contributed by atoms with Crippen LogP contribution >= 0.6 is 7.60 Å². The normalized spacial score (nSPS) is 11.0. The Labute approximate surface area is 99.8 Å². The molecule has 0 aromatic heterocycles. The van der Waals surface area contributed by atoms with E-state index in [9.17, 15) is 14.2 Å². The summed E-state index contributed by atoms with van der Waals surface area (Å²) in [5, 5.41) is 0. The molecule has 0 aromatic rings. The van der Waals surface area contributed by atoms with Crippen molar-refractivity contribution in [3.8, 4) is 0 Å². The van der Waals surface area contributed by atoms with Gasteiger partial charge in [0.05, 0.1) is 0 Å². The molecule has 0 aromatic carbocycles. The minimum Gasteiger partial charge on any atom is -0.290 e. The van der Waals surface area contributed by atoms with Crippen molar-refractivity contribution in [3.63, 3.8) is 0 Å². The van der Waals surface area contributed by atoms with Gasteiger partial charge in [-0.3, -0.25) is 14.3 Å². The van der Waals surface area contributed by atoms with E-state index >= 15 is 0 Å². The monoisotopic (exact) mass is 268 g/mol. The molecule has 0 aliphatic heterocycles. The molecule has 0 radical (unpaired) electrons. The fourth-order valence-corrected chi connectivity index (χ4v) is 1.18. The largest absolute Gasteiger partial charge is 0.403 e. The van der Waals surface area contributed by atoms with Crippen LogP contribution in [0, 0.1) is 0 Å². The number of hydrogen-bond donors (Lipinski definition) is 0. The molecule has 7 nitrogen and oxygen atoms in total. The second kappa shape index (κ2) is 8.22. The zero-order valence-corrected chi connectivity index (χ0v) is 11.0. The van der Waals surface area contributed by atoms with Crippen molar-refractivity contribution in [2.75, 3.05) is 6.66 Å². The Morgan fingerprint density at radius 3 is 1.59 bits per heavy atom. The smallest absolute Gasteiger partial charge is 0.290 e. The molecule has 8 heteroatoms. The average Bonchev–Trinajstić information content (AvgIpc) is 2.25. The van der Waals surface area contributed by atoms with Crippen molar-refractivity contribution in [1.82, 2.24) is 0 Å². The molecular formula is C9H17O7P. The van der Waals surface area contributed by atoms with Crippen molar-refractivity contribution < 1.29 is 33.3 Å². The first kappa shape index (κ1) is 16.1. The first-order valence-corrected chi connectivity index (χ1v) is 7.26. The quantitative estimate of drug-likeness (QED) is 0.379. The van der Waals surface area contributed by atoms with E-state index < -0.39 is 19.5 Å². The van der Waals surface area contributed by atoms with Gasteiger partial charge in [-0.1, -0.05) is 23.2 Å². The maximum absolute atomic E-state index is 11.4. The molecule has 0 amide bonds. The zero-order chi connectivity index (χ0) is 13.3. The summed E-state index contributed by atoms with van der Waals surface area (Å²) in [5.74, 6) is -1.34. The van der Waals surface area contributed by atoms with Gasteiger partial charge in [0.25, 0.3) is 0 Å². The van der Waals surface area contributed by atoms with Crippen molar-refractivity contribution in [3.05, 3.63) is 0 Å². The van der Waals surface area contributed by atoms with Gasteiger partial charge in [0.1, 0.15) is 0 Å². The molecule has 100 valence electrons. The molecule has 0 aliphatic rings. The van der Waals surface area contributed by atoms with Gasteiger partial charge in [-0.15, -0.1) is 0 Å². The van der Waals surface area contributed by atoms with Gasteiger partial charge < -0.3 is 0 Å². The first-order valence-electron chi connectivity index (χ1n) is 5.27. The topological polar surface area (TPSA) is 88.1 Å². The molecule has 0 fully saturated rings. The van der Waals surface area contributed by atoms with Crippen LogP contribution in [-0.2, 0) is 33.3 Å². The van der Waals surface area contributed by atoms with Crippen LogP contribution < -0.4 is 0 Å². The van der Waals surface area contributed by atoms with Gasteiger partial charge in [-0.25, -0.2) is 9.59 Å². The van der Waals surface area contributed by atoms with Gasteiger partial charge >= 0.3 is 19.5 Å². The van der Waals surface area contributed by atoms with Gasteiger partial charge in [0.2, 0.25) is 0 Å². The highest BCUT2D eigenvalue weighted by Crippen LogP contribution is 2.44. The lowest BCUT2D eigenvalue weighted by Crippen LogP contribution is -2.07. The molecule has 0 spiro atoms. The Balaban J connectivity index is 3.91. The molecule has 0 heterocycles. The SMILES string of the molecule is CCCC(=O)OOP(C)(=O)OOC(=O)CCC. The predicted molar refractivity (Wildman–Crippen MR) is 57.7 cm³/mol. The maximum atomic E-state index is 11.4. The summed E-state index contributed by atoms with van der Waals surface area (Å²) in [6.45, 7) is 4.57. The fourth-order valence-electron chi connectivity index (χ4n) is 0.723. The summed E-state index contributed by atoms with van der Waals surface area (Å²) >= 11 is 0. The Morgan fingerprint density at radius 2 is 1.29 bits per heavy atom. The highest BCUT2D eigenvalue weighted by atomic mass is 31.2. The minimum absolute atomic E-state index is 0.135. The summed E-state index contributed by atoms with van der Waals surface area (Å²) in [7, 11) is -3.73. The first-order chi connectivity index (χ1) is 7.91. The molecule has 0 atom stereocenters. The molecule has 0 aliphatic carbocycles. The molecule has 0 rings (SSSR count). The molecule has 0 saturated carbocycles. The lowest BCUT2D eigenvalue weighted by atomic mass is 10.3. The third-order valence-electron chi connectivity index (χ3n) is 1.44. The summed E-state index contributed by atoms with van der Waals surface area (Å²) in [6, 6.07) is 0. The second-order valence-corrected chi connectivity index (χ2v) is 5.17. The van der Waals surface area contributed by atoms with E-state index in [1.165, 1.54) is 0 Å². The Kier molecular flexibility index (Phi) is 7.78. The van der Waals surface area contributed by atoms with Crippen LogP contribution in [0.2, 0.25) is 0 Å². The number of hydrogen-bond acceptors (Lipinski definition) is 7. The lowest BCUT2D eigenvalue weighted by molar-refractivity contribution is -0.250. The number of carbonyl (C=O) groups excluding carboxylic acids is 2. The van der Waals surface area contributed by atoms with Crippen LogP contribution in [0.5, 0.6) is 0 Å². The van der Waals surface area contributed by atoms with E-state index in [1.54, 1.807) is 13.8 Å². The molecule has 0 unspecified atom stereocenters. The Morgan fingerprint density at radius 1 is 0.941 bits per heavy atom. The van der Waals surface area contributed by atoms with Crippen molar-refractivity contribution in [2.45, 2.75) is 39.5 Å². The third-order valence-corrected chi connectivity index (χ3v) is 2.13. The van der Waals surface area contributed by atoms with Crippen LogP contribution in [0.3, 0.4) is 0 Å². The minimum atomic E-state index is -3.73. The van der Waals surface area contributed by atoms with Gasteiger partial charge in [-0.2, -0.15) is 0 Å². The van der Waals surface area contributed by atoms with Gasteiger partial charge in [-0.05, 0) is 12.8 Å². The maximum Gasteiger partial charge on any atom is 0.403 e. The van der Waals surface area contributed by atoms with E-state index in [4.69, 9.17) is 0 Å². The molecule has 0 N–H and O–H groups in total. The number of carbonyl (C=O) groups is 2. The van der Waals surface area contributed by atoms with Crippen LogP contribution in [-0.4, -0.2) is 18.6 Å². The van der Waals surface area contributed by atoms with E-state index in [0.29, 0.717) is 12.8 Å². The highest BCUT2D eigenvalue weighted by molar-refractivity contribution is 7.52. The number of rotatable bonds is 8. The summed E-state index contributed by atoms with van der Waals surface area (Å²) in [4.78, 5) is 30.2. The van der Waals surface area contributed by atoms with Crippen molar-refractivity contribution in [2.24, 2.45) is 0 Å². The van der Waals surface area contributed by atoms with Gasteiger partial charge in [0, 0.05) is 19.5 Å². The predicted octanol–water partition coefficient (Wildman–Crippen LogP) is 2.36. The van der Waals surface area contributed by atoms with Crippen molar-refractivity contribution in [1.29, 1.82) is 0 Å². The summed E-state index contributed by atoms with van der Waals surface area (Å²) in [6.07, 6.45) is 1.41. The molecular weight excluding hydrogens is 251 g/mol. The van der Waals surface area contributed by atoms with E-state index in [1.807, 2.05) is 0 Å². The lowest BCUT2D eigenvalue weighted by Gasteiger charge is -2.10. The third kappa shape index (κ3) is 8.85. The van der Waals surface area contributed by atoms with Crippen LogP contribution in [0.1, 0.15) is 39.5 Å². The Hall–Kier alpha value is -0.910. The summed E-state index contributed by atoms with van der Waals surface area (Å²) in [5.41, 5.74) is 0. The molecule has 0 saturated heterocycles.